The fourth-order valence-corrected chi connectivity index (χ4v) is 3.26. The van der Waals surface area contributed by atoms with E-state index in [9.17, 15) is 4.79 Å². The van der Waals surface area contributed by atoms with Gasteiger partial charge in [0.05, 0.1) is 5.54 Å². The Labute approximate surface area is 150 Å². The molecule has 0 saturated carbocycles. The number of hydrogen-bond donors (Lipinski definition) is 1. The molecule has 2 aromatic rings. The Bertz CT molecular complexity index is 677. The molecule has 1 aliphatic heterocycles. The Morgan fingerprint density at radius 2 is 1.48 bits per heavy atom. The summed E-state index contributed by atoms with van der Waals surface area (Å²) in [6.07, 6.45) is 0. The van der Waals surface area contributed by atoms with Gasteiger partial charge in [-0.3, -0.25) is 14.6 Å². The highest BCUT2D eigenvalue weighted by molar-refractivity contribution is 5.97. The molecule has 0 atom stereocenters. The van der Waals surface area contributed by atoms with Crippen LogP contribution in [0.15, 0.2) is 60.7 Å². The summed E-state index contributed by atoms with van der Waals surface area (Å²) in [6.45, 7) is 8.78. The van der Waals surface area contributed by atoms with Gasteiger partial charge in [-0.2, -0.15) is 0 Å². The zero-order valence-electron chi connectivity index (χ0n) is 15.1. The van der Waals surface area contributed by atoms with Crippen LogP contribution in [0, 0.1) is 0 Å². The van der Waals surface area contributed by atoms with Gasteiger partial charge in [0.15, 0.2) is 0 Å². The third-order valence-electron chi connectivity index (χ3n) is 5.00. The molecule has 1 N–H and O–H groups in total. The average molecular weight is 337 g/mol. The van der Waals surface area contributed by atoms with Crippen LogP contribution in [0.3, 0.4) is 0 Å². The minimum Gasteiger partial charge on any atom is -0.324 e. The summed E-state index contributed by atoms with van der Waals surface area (Å²) >= 11 is 0. The molecule has 0 unspecified atom stereocenters. The molecule has 25 heavy (non-hydrogen) atoms. The normalized spacial score (nSPS) is 16.6. The van der Waals surface area contributed by atoms with Crippen LogP contribution >= 0.6 is 0 Å². The number of anilines is 1. The van der Waals surface area contributed by atoms with Gasteiger partial charge in [-0.25, -0.2) is 0 Å². The van der Waals surface area contributed by atoms with E-state index in [1.807, 2.05) is 44.2 Å². The second kappa shape index (κ2) is 7.81. The summed E-state index contributed by atoms with van der Waals surface area (Å²) in [7, 11) is 0. The molecule has 1 fully saturated rings. The number of piperazine rings is 1. The molecule has 132 valence electrons. The molecule has 1 heterocycles. The number of para-hydroxylation sites is 1. The van der Waals surface area contributed by atoms with E-state index in [1.54, 1.807) is 0 Å². The number of nitrogens with one attached hydrogen (secondary N) is 1. The molecule has 1 saturated heterocycles. The largest absolute Gasteiger partial charge is 0.324 e. The van der Waals surface area contributed by atoms with Gasteiger partial charge in [0.25, 0.3) is 0 Å². The van der Waals surface area contributed by atoms with Crippen LogP contribution in [0.1, 0.15) is 19.4 Å². The summed E-state index contributed by atoms with van der Waals surface area (Å²) in [5.41, 5.74) is 1.68. The fraction of sp³-hybridized carbons (Fsp3) is 0.381. The average Bonchev–Trinajstić information content (AvgIpc) is 2.64. The van der Waals surface area contributed by atoms with Crippen molar-refractivity contribution in [2.45, 2.75) is 25.9 Å². The molecule has 4 heteroatoms. The first-order valence-corrected chi connectivity index (χ1v) is 8.93. The summed E-state index contributed by atoms with van der Waals surface area (Å²) in [4.78, 5) is 17.5. The van der Waals surface area contributed by atoms with Gasteiger partial charge < -0.3 is 5.32 Å². The fourth-order valence-electron chi connectivity index (χ4n) is 3.26. The van der Waals surface area contributed by atoms with Crippen LogP contribution in [0.5, 0.6) is 0 Å². The molecule has 0 radical (unpaired) electrons. The zero-order chi connectivity index (χ0) is 17.7. The zero-order valence-corrected chi connectivity index (χ0v) is 15.1. The quantitative estimate of drug-likeness (QED) is 0.910. The summed E-state index contributed by atoms with van der Waals surface area (Å²) in [5.74, 6) is 0.0511. The Balaban J connectivity index is 1.54. The smallest absolute Gasteiger partial charge is 0.244 e. The van der Waals surface area contributed by atoms with Gasteiger partial charge >= 0.3 is 0 Å². The predicted molar refractivity (Wildman–Crippen MR) is 102 cm³/mol. The Morgan fingerprint density at radius 3 is 2.08 bits per heavy atom. The lowest BCUT2D eigenvalue weighted by Crippen LogP contribution is -2.59. The van der Waals surface area contributed by atoms with E-state index in [4.69, 9.17) is 0 Å². The van der Waals surface area contributed by atoms with Gasteiger partial charge in [-0.05, 0) is 31.5 Å². The van der Waals surface area contributed by atoms with E-state index in [2.05, 4.69) is 45.4 Å². The first kappa shape index (κ1) is 17.6. The van der Waals surface area contributed by atoms with Crippen LogP contribution in [0.4, 0.5) is 5.69 Å². The number of benzene rings is 2. The minimum atomic E-state index is -0.519. The molecule has 1 amide bonds. The highest BCUT2D eigenvalue weighted by atomic mass is 16.2. The molecule has 2 aromatic carbocycles. The van der Waals surface area contributed by atoms with Crippen LogP contribution < -0.4 is 5.32 Å². The number of amides is 1. The van der Waals surface area contributed by atoms with Crippen molar-refractivity contribution >= 4 is 11.6 Å². The van der Waals surface area contributed by atoms with Gasteiger partial charge in [-0.15, -0.1) is 0 Å². The first-order valence-electron chi connectivity index (χ1n) is 8.93. The third kappa shape index (κ3) is 4.47. The van der Waals surface area contributed by atoms with Crippen molar-refractivity contribution in [1.82, 2.24) is 9.80 Å². The maximum Gasteiger partial charge on any atom is 0.244 e. The van der Waals surface area contributed by atoms with E-state index in [1.165, 1.54) is 5.56 Å². The van der Waals surface area contributed by atoms with Gasteiger partial charge in [0.2, 0.25) is 5.91 Å². The molecular formula is C21H27N3O. The summed E-state index contributed by atoms with van der Waals surface area (Å²) in [5, 5.41) is 3.04. The standard InChI is InChI=1S/C21H27N3O/c1-21(2,20(25)22-19-11-7-4-8-12-19)24-15-13-23(14-16-24)17-18-9-5-3-6-10-18/h3-12H,13-17H2,1-2H3,(H,22,25). The number of nitrogens with zero attached hydrogens (tertiary/aromatic N) is 2. The van der Waals surface area contributed by atoms with Crippen LogP contribution in [-0.2, 0) is 11.3 Å². The van der Waals surface area contributed by atoms with E-state index in [0.29, 0.717) is 0 Å². The highest BCUT2D eigenvalue weighted by Gasteiger charge is 2.36. The predicted octanol–water partition coefficient (Wildman–Crippen LogP) is 3.22. The van der Waals surface area contributed by atoms with Crippen molar-refractivity contribution in [2.24, 2.45) is 0 Å². The third-order valence-corrected chi connectivity index (χ3v) is 5.00. The monoisotopic (exact) mass is 337 g/mol. The molecule has 0 bridgehead atoms. The van der Waals surface area contributed by atoms with Crippen LogP contribution in [0.25, 0.3) is 0 Å². The molecule has 0 aromatic heterocycles. The van der Waals surface area contributed by atoms with Gasteiger partial charge in [0, 0.05) is 38.4 Å². The molecule has 0 aliphatic carbocycles. The van der Waals surface area contributed by atoms with Crippen molar-refractivity contribution < 1.29 is 4.79 Å². The minimum absolute atomic E-state index is 0.0511. The lowest BCUT2D eigenvalue weighted by atomic mass is 10.00. The summed E-state index contributed by atoms with van der Waals surface area (Å²) < 4.78 is 0. The first-order chi connectivity index (χ1) is 12.1. The molecular weight excluding hydrogens is 310 g/mol. The Hall–Kier alpha value is -2.17. The number of hydrogen-bond acceptors (Lipinski definition) is 3. The van der Waals surface area contributed by atoms with E-state index in [-0.39, 0.29) is 5.91 Å². The lowest BCUT2D eigenvalue weighted by Gasteiger charge is -2.43. The summed E-state index contributed by atoms with van der Waals surface area (Å²) in [6, 6.07) is 20.2. The number of carbonyl (C=O) groups excluding carboxylic acids is 1. The SMILES string of the molecule is CC(C)(C(=O)Nc1ccccc1)N1CCN(Cc2ccccc2)CC1. The Kier molecular flexibility index (Phi) is 5.51. The Morgan fingerprint density at radius 1 is 0.920 bits per heavy atom. The second-order valence-corrected chi connectivity index (χ2v) is 7.13. The second-order valence-electron chi connectivity index (χ2n) is 7.13. The molecule has 1 aliphatic rings. The maximum absolute atomic E-state index is 12.7. The molecule has 4 nitrogen and oxygen atoms in total. The van der Waals surface area contributed by atoms with Crippen molar-refractivity contribution in [1.29, 1.82) is 0 Å². The van der Waals surface area contributed by atoms with Crippen molar-refractivity contribution in [3.8, 4) is 0 Å². The van der Waals surface area contributed by atoms with Crippen molar-refractivity contribution in [2.75, 3.05) is 31.5 Å². The molecule has 0 spiro atoms. The van der Waals surface area contributed by atoms with Gasteiger partial charge in [0.1, 0.15) is 0 Å². The van der Waals surface area contributed by atoms with Crippen molar-refractivity contribution in [3.63, 3.8) is 0 Å². The lowest BCUT2D eigenvalue weighted by molar-refractivity contribution is -0.127. The van der Waals surface area contributed by atoms with E-state index in [0.717, 1.165) is 38.4 Å². The number of carbonyl (C=O) groups is 1. The van der Waals surface area contributed by atoms with Crippen molar-refractivity contribution in [3.05, 3.63) is 66.2 Å². The van der Waals surface area contributed by atoms with Crippen LogP contribution in [0.2, 0.25) is 0 Å². The van der Waals surface area contributed by atoms with E-state index >= 15 is 0 Å². The number of rotatable bonds is 5. The molecule has 3 rings (SSSR count). The van der Waals surface area contributed by atoms with Crippen LogP contribution in [-0.4, -0.2) is 47.4 Å². The topological polar surface area (TPSA) is 35.6 Å². The highest BCUT2D eigenvalue weighted by Crippen LogP contribution is 2.20. The van der Waals surface area contributed by atoms with Gasteiger partial charge in [-0.1, -0.05) is 48.5 Å². The maximum atomic E-state index is 12.7. The van der Waals surface area contributed by atoms with E-state index < -0.39 is 5.54 Å².